The molecule has 1 aromatic carbocycles. The zero-order valence-electron chi connectivity index (χ0n) is 15.6. The first-order chi connectivity index (χ1) is 13.6. The van der Waals surface area contributed by atoms with Crippen LogP contribution in [0.15, 0.2) is 24.3 Å². The average molecular weight is 395 g/mol. The maximum atomic E-state index is 12.3. The number of hydrogen-bond acceptors (Lipinski definition) is 6. The van der Waals surface area contributed by atoms with E-state index in [4.69, 9.17) is 10.00 Å². The Hall–Kier alpha value is -2.46. The third-order valence-electron chi connectivity index (χ3n) is 6.53. The molecule has 1 amide bonds. The first-order valence-corrected chi connectivity index (χ1v) is 10.7. The summed E-state index contributed by atoms with van der Waals surface area (Å²) in [4.78, 5) is 12.3. The Morgan fingerprint density at radius 3 is 2.54 bits per heavy atom. The van der Waals surface area contributed by atoms with Gasteiger partial charge in [0.2, 0.25) is 5.13 Å². The molecule has 0 saturated heterocycles. The van der Waals surface area contributed by atoms with Gasteiger partial charge < -0.3 is 4.74 Å². The highest BCUT2D eigenvalue weighted by atomic mass is 32.1. The van der Waals surface area contributed by atoms with Crippen LogP contribution >= 0.6 is 11.3 Å². The van der Waals surface area contributed by atoms with E-state index in [1.165, 1.54) is 49.9 Å². The van der Waals surface area contributed by atoms with E-state index in [0.29, 0.717) is 16.4 Å². The molecule has 7 heteroatoms. The van der Waals surface area contributed by atoms with E-state index in [9.17, 15) is 4.79 Å². The number of anilines is 1. The molecule has 0 radical (unpaired) electrons. The summed E-state index contributed by atoms with van der Waals surface area (Å²) >= 11 is 1.52. The van der Waals surface area contributed by atoms with Crippen molar-refractivity contribution in [1.29, 1.82) is 5.26 Å². The van der Waals surface area contributed by atoms with Crippen LogP contribution < -0.4 is 10.1 Å². The van der Waals surface area contributed by atoms with Crippen LogP contribution in [-0.2, 0) is 10.2 Å². The summed E-state index contributed by atoms with van der Waals surface area (Å²) in [5.74, 6) is 2.66. The van der Waals surface area contributed by atoms with Crippen LogP contribution in [0.2, 0.25) is 0 Å². The van der Waals surface area contributed by atoms with Gasteiger partial charge in [-0.15, -0.1) is 10.2 Å². The van der Waals surface area contributed by atoms with E-state index in [1.807, 2.05) is 0 Å². The first kappa shape index (κ1) is 17.6. The third kappa shape index (κ3) is 3.16. The van der Waals surface area contributed by atoms with Crippen molar-refractivity contribution in [2.75, 3.05) is 11.9 Å². The number of rotatable bonds is 5. The summed E-state index contributed by atoms with van der Waals surface area (Å²) < 4.78 is 5.49. The zero-order chi connectivity index (χ0) is 19.1. The summed E-state index contributed by atoms with van der Waals surface area (Å²) in [6, 6.07) is 8.94. The Kier molecular flexibility index (Phi) is 4.31. The van der Waals surface area contributed by atoms with Gasteiger partial charge in [0.05, 0.1) is 5.56 Å². The quantitative estimate of drug-likeness (QED) is 0.831. The lowest BCUT2D eigenvalue weighted by Crippen LogP contribution is -2.48. The van der Waals surface area contributed by atoms with Crippen molar-refractivity contribution < 1.29 is 9.53 Å². The van der Waals surface area contributed by atoms with Gasteiger partial charge in [-0.05, 0) is 68.4 Å². The highest BCUT2D eigenvalue weighted by molar-refractivity contribution is 7.15. The molecule has 0 unspecified atom stereocenters. The molecule has 4 fully saturated rings. The number of nitrogens with one attached hydrogen (secondary N) is 1. The van der Waals surface area contributed by atoms with Gasteiger partial charge in [-0.1, -0.05) is 23.5 Å². The monoisotopic (exact) mass is 394 g/mol. The minimum absolute atomic E-state index is 0.162. The fraction of sp³-hybridized carbons (Fsp3) is 0.524. The fourth-order valence-corrected chi connectivity index (χ4v) is 6.82. The van der Waals surface area contributed by atoms with Crippen LogP contribution in [0.1, 0.15) is 49.1 Å². The topological polar surface area (TPSA) is 87.9 Å². The second kappa shape index (κ2) is 6.85. The number of amides is 1. The van der Waals surface area contributed by atoms with Crippen LogP contribution in [0.5, 0.6) is 5.75 Å². The van der Waals surface area contributed by atoms with Gasteiger partial charge in [0.25, 0.3) is 5.91 Å². The lowest BCUT2D eigenvalue weighted by atomic mass is 9.50. The van der Waals surface area contributed by atoms with Gasteiger partial charge in [-0.25, -0.2) is 0 Å². The maximum Gasteiger partial charge on any atom is 0.264 e. The molecule has 4 saturated carbocycles. The Balaban J connectivity index is 1.23. The number of nitriles is 1. The number of nitrogens with zero attached hydrogens (tertiary/aromatic N) is 3. The minimum Gasteiger partial charge on any atom is -0.482 e. The Bertz CT molecular complexity index is 913. The number of aromatic nitrogens is 2. The average Bonchev–Trinajstić information content (AvgIpc) is 3.15. The first-order valence-electron chi connectivity index (χ1n) is 9.89. The van der Waals surface area contributed by atoms with Crippen LogP contribution in [0.25, 0.3) is 0 Å². The van der Waals surface area contributed by atoms with Gasteiger partial charge in [-0.2, -0.15) is 5.26 Å². The van der Waals surface area contributed by atoms with Gasteiger partial charge in [0.1, 0.15) is 16.8 Å². The van der Waals surface area contributed by atoms with E-state index in [0.717, 1.165) is 22.8 Å². The molecule has 2 aromatic rings. The van der Waals surface area contributed by atoms with Crippen LogP contribution in [0.3, 0.4) is 0 Å². The van der Waals surface area contributed by atoms with Crippen LogP contribution in [-0.4, -0.2) is 22.7 Å². The van der Waals surface area contributed by atoms with Crippen LogP contribution in [0.4, 0.5) is 5.13 Å². The SMILES string of the molecule is N#Cc1ccccc1OCC(=O)Nc1nnc(C23CC4CC(CC(C4)C2)C3)s1. The molecular formula is C21H22N4O2S. The number of carbonyl (C=O) groups is 1. The second-order valence-corrected chi connectivity index (χ2v) is 9.53. The van der Waals surface area contributed by atoms with E-state index in [2.05, 4.69) is 21.6 Å². The molecule has 28 heavy (non-hydrogen) atoms. The van der Waals surface area contributed by atoms with Crippen molar-refractivity contribution in [2.45, 2.75) is 43.9 Å². The fourth-order valence-electron chi connectivity index (χ4n) is 5.84. The predicted octanol–water partition coefficient (Wildman–Crippen LogP) is 3.90. The van der Waals surface area contributed by atoms with E-state index >= 15 is 0 Å². The lowest BCUT2D eigenvalue weighted by Gasteiger charge is -2.55. The summed E-state index contributed by atoms with van der Waals surface area (Å²) in [5, 5.41) is 22.2. The van der Waals surface area contributed by atoms with E-state index in [-0.39, 0.29) is 17.9 Å². The predicted molar refractivity (Wildman–Crippen MR) is 105 cm³/mol. The molecule has 0 atom stereocenters. The Morgan fingerprint density at radius 2 is 1.86 bits per heavy atom. The third-order valence-corrected chi connectivity index (χ3v) is 7.61. The largest absolute Gasteiger partial charge is 0.482 e. The summed E-state index contributed by atoms with van der Waals surface area (Å²) in [6.45, 7) is -0.162. The summed E-state index contributed by atoms with van der Waals surface area (Å²) in [6.07, 6.45) is 7.87. The number of benzene rings is 1. The van der Waals surface area contributed by atoms with Crippen molar-refractivity contribution in [3.63, 3.8) is 0 Å². The highest BCUT2D eigenvalue weighted by Crippen LogP contribution is 2.61. The van der Waals surface area contributed by atoms with E-state index in [1.54, 1.807) is 24.3 Å². The molecule has 4 aliphatic carbocycles. The molecule has 6 rings (SSSR count). The number of hydrogen-bond donors (Lipinski definition) is 1. The molecule has 144 valence electrons. The molecule has 0 aliphatic heterocycles. The van der Waals surface area contributed by atoms with Crippen molar-refractivity contribution in [3.05, 3.63) is 34.8 Å². The molecule has 1 heterocycles. The molecule has 4 bridgehead atoms. The maximum absolute atomic E-state index is 12.3. The molecule has 4 aliphatic rings. The number of ether oxygens (including phenoxy) is 1. The van der Waals surface area contributed by atoms with Crippen molar-refractivity contribution in [3.8, 4) is 11.8 Å². The van der Waals surface area contributed by atoms with E-state index < -0.39 is 0 Å². The van der Waals surface area contributed by atoms with Crippen molar-refractivity contribution in [2.24, 2.45) is 17.8 Å². The molecule has 1 N–H and O–H groups in total. The zero-order valence-corrected chi connectivity index (χ0v) is 16.4. The van der Waals surface area contributed by atoms with Gasteiger partial charge >= 0.3 is 0 Å². The highest BCUT2D eigenvalue weighted by Gasteiger charge is 2.53. The Labute approximate surface area is 167 Å². The van der Waals surface area contributed by atoms with Crippen molar-refractivity contribution in [1.82, 2.24) is 10.2 Å². The Morgan fingerprint density at radius 1 is 1.18 bits per heavy atom. The standard InChI is InChI=1S/C21H22N4O2S/c22-11-16-3-1-2-4-17(16)27-12-18(26)23-20-25-24-19(28-20)21-8-13-5-14(9-21)7-15(6-13)10-21/h1-4,13-15H,5-10,12H2,(H,23,25,26). The minimum atomic E-state index is -0.291. The lowest BCUT2D eigenvalue weighted by molar-refractivity contribution is -0.118. The number of para-hydroxylation sites is 1. The van der Waals surface area contributed by atoms with Gasteiger partial charge in [0, 0.05) is 5.41 Å². The molecule has 6 nitrogen and oxygen atoms in total. The van der Waals surface area contributed by atoms with Crippen LogP contribution in [0, 0.1) is 29.1 Å². The second-order valence-electron chi connectivity index (χ2n) is 8.56. The van der Waals surface area contributed by atoms with Gasteiger partial charge in [0.15, 0.2) is 6.61 Å². The number of carbonyl (C=O) groups excluding carboxylic acids is 1. The van der Waals surface area contributed by atoms with Crippen molar-refractivity contribution >= 4 is 22.4 Å². The molecular weight excluding hydrogens is 372 g/mol. The summed E-state index contributed by atoms with van der Waals surface area (Å²) in [5.41, 5.74) is 0.604. The molecule has 1 aromatic heterocycles. The summed E-state index contributed by atoms with van der Waals surface area (Å²) in [7, 11) is 0. The van der Waals surface area contributed by atoms with Gasteiger partial charge in [-0.3, -0.25) is 10.1 Å². The smallest absolute Gasteiger partial charge is 0.264 e. The molecule has 0 spiro atoms. The normalized spacial score (nSPS) is 30.0.